The monoisotopic (exact) mass is 426 g/mol. The van der Waals surface area contributed by atoms with Crippen molar-refractivity contribution in [1.82, 2.24) is 0 Å². The Morgan fingerprint density at radius 1 is 1.00 bits per heavy atom. The maximum Gasteiger partial charge on any atom is 0.364 e. The molecule has 0 saturated carbocycles. The van der Waals surface area contributed by atoms with Gasteiger partial charge in [-0.15, -0.1) is 0 Å². The molecular formula is C18H24N2O4P2S. The van der Waals surface area contributed by atoms with Gasteiger partial charge in [-0.3, -0.25) is 9.09 Å². The number of nitrogens with one attached hydrogen (secondary N) is 2. The van der Waals surface area contributed by atoms with Crippen molar-refractivity contribution < 1.29 is 18.1 Å². The number of benzene rings is 2. The maximum atomic E-state index is 13.5. The second-order valence-electron chi connectivity index (χ2n) is 6.06. The van der Waals surface area contributed by atoms with Crippen molar-refractivity contribution in [1.29, 1.82) is 0 Å². The molecule has 0 fully saturated rings. The Hall–Kier alpha value is -1.20. The molecule has 1 aliphatic heterocycles. The molecule has 0 saturated heterocycles. The van der Waals surface area contributed by atoms with Gasteiger partial charge >= 0.3 is 7.60 Å². The molecule has 9 heteroatoms. The zero-order valence-corrected chi connectivity index (χ0v) is 18.2. The van der Waals surface area contributed by atoms with Crippen molar-refractivity contribution in [2.24, 2.45) is 0 Å². The molecule has 0 radical (unpaired) electrons. The quantitative estimate of drug-likeness (QED) is 0.499. The van der Waals surface area contributed by atoms with Crippen LogP contribution in [0.4, 0.5) is 11.4 Å². The van der Waals surface area contributed by atoms with Gasteiger partial charge in [-0.2, -0.15) is 0 Å². The average Bonchev–Trinajstić information content (AvgIpc) is 2.97. The van der Waals surface area contributed by atoms with Crippen LogP contribution in [0.5, 0.6) is 0 Å². The Morgan fingerprint density at radius 3 is 2.00 bits per heavy atom. The molecule has 2 aromatic carbocycles. The lowest BCUT2D eigenvalue weighted by molar-refractivity contribution is 0.169. The molecule has 0 aliphatic carbocycles. The maximum absolute atomic E-state index is 13.5. The zero-order valence-electron chi connectivity index (χ0n) is 15.5. The van der Waals surface area contributed by atoms with Crippen molar-refractivity contribution in [3.05, 3.63) is 59.7 Å². The third-order valence-electron chi connectivity index (χ3n) is 3.98. The van der Waals surface area contributed by atoms with Crippen LogP contribution in [0.25, 0.3) is 0 Å². The summed E-state index contributed by atoms with van der Waals surface area (Å²) in [7, 11) is -3.60. The van der Waals surface area contributed by atoms with Crippen LogP contribution < -0.4 is 10.2 Å². The van der Waals surface area contributed by atoms with E-state index in [1.807, 2.05) is 55.5 Å². The van der Waals surface area contributed by atoms with Gasteiger partial charge in [0.1, 0.15) is 0 Å². The topological polar surface area (TPSA) is 68.8 Å². The van der Waals surface area contributed by atoms with Gasteiger partial charge in [-0.05, 0) is 50.3 Å². The molecule has 3 rings (SSSR count). The van der Waals surface area contributed by atoms with Gasteiger partial charge in [0.15, 0.2) is 5.85 Å². The second kappa shape index (κ2) is 8.44. The van der Waals surface area contributed by atoms with Gasteiger partial charge in [-0.25, -0.2) is 0 Å². The molecule has 1 aliphatic rings. The first-order chi connectivity index (χ1) is 12.9. The van der Waals surface area contributed by atoms with E-state index in [2.05, 4.69) is 10.2 Å². The van der Waals surface area contributed by atoms with Gasteiger partial charge in [0.05, 0.1) is 24.6 Å². The standard InChI is InChI=1S/C18H24N2O4P2S/c1-4-22-25(21,23-5-2)18(15-12-10-14(3)11-13-15)24-26(27)19-16-8-6-7-9-17(16)20-26/h6-13,18H,4-5H2,1-3H3,(H2,19,20,27). The number of anilines is 2. The van der Waals surface area contributed by atoms with Crippen molar-refractivity contribution >= 4 is 37.3 Å². The van der Waals surface area contributed by atoms with Gasteiger partial charge in [0.25, 0.3) is 0 Å². The minimum atomic E-state index is -3.60. The largest absolute Gasteiger partial charge is 0.364 e. The Balaban J connectivity index is 1.96. The molecule has 1 heterocycles. The van der Waals surface area contributed by atoms with E-state index in [-0.39, 0.29) is 13.2 Å². The molecular weight excluding hydrogens is 402 g/mol. The lowest BCUT2D eigenvalue weighted by atomic mass is 10.2. The summed E-state index contributed by atoms with van der Waals surface area (Å²) in [5.41, 5.74) is 3.53. The van der Waals surface area contributed by atoms with E-state index in [1.165, 1.54) is 0 Å². The Morgan fingerprint density at radius 2 is 1.52 bits per heavy atom. The SMILES string of the molecule is CCOP(=O)(OCC)C(OP1(=S)Nc2ccccc2N1)c1ccc(C)cc1. The predicted octanol–water partition coefficient (Wildman–Crippen LogP) is 6.04. The Bertz CT molecular complexity index is 852. The number of rotatable bonds is 8. The van der Waals surface area contributed by atoms with E-state index in [4.69, 9.17) is 25.4 Å². The summed E-state index contributed by atoms with van der Waals surface area (Å²) in [5.74, 6) is -0.932. The van der Waals surface area contributed by atoms with Gasteiger partial charge < -0.3 is 19.2 Å². The minimum Gasteiger partial charge on any atom is -0.319 e. The van der Waals surface area contributed by atoms with E-state index >= 15 is 0 Å². The zero-order chi connectivity index (χ0) is 19.5. The first kappa shape index (κ1) is 20.5. The highest BCUT2D eigenvalue weighted by Gasteiger charge is 2.43. The molecule has 6 nitrogen and oxygen atoms in total. The number of hydrogen-bond donors (Lipinski definition) is 2. The molecule has 1 atom stereocenters. The Kier molecular flexibility index (Phi) is 6.42. The highest BCUT2D eigenvalue weighted by molar-refractivity contribution is 8.13. The molecule has 0 bridgehead atoms. The lowest BCUT2D eigenvalue weighted by Crippen LogP contribution is -2.12. The van der Waals surface area contributed by atoms with Crippen molar-refractivity contribution in [3.63, 3.8) is 0 Å². The average molecular weight is 426 g/mol. The molecule has 0 amide bonds. The molecule has 2 N–H and O–H groups in total. The van der Waals surface area contributed by atoms with Crippen molar-refractivity contribution in [3.8, 4) is 0 Å². The molecule has 1 unspecified atom stereocenters. The number of aryl methyl sites for hydroxylation is 1. The fourth-order valence-electron chi connectivity index (χ4n) is 2.78. The van der Waals surface area contributed by atoms with E-state index in [9.17, 15) is 4.57 Å². The summed E-state index contributed by atoms with van der Waals surface area (Å²) in [6.07, 6.45) is 0. The van der Waals surface area contributed by atoms with Crippen LogP contribution in [-0.2, 0) is 29.9 Å². The molecule has 0 spiro atoms. The van der Waals surface area contributed by atoms with E-state index < -0.39 is 20.0 Å². The van der Waals surface area contributed by atoms with E-state index in [0.29, 0.717) is 5.56 Å². The van der Waals surface area contributed by atoms with E-state index in [0.717, 1.165) is 16.9 Å². The smallest absolute Gasteiger partial charge is 0.319 e. The van der Waals surface area contributed by atoms with Gasteiger partial charge in [0.2, 0.25) is 6.57 Å². The summed E-state index contributed by atoms with van der Waals surface area (Å²) in [6.45, 7) is 3.30. The Labute approximate surface area is 165 Å². The van der Waals surface area contributed by atoms with Crippen LogP contribution in [-0.4, -0.2) is 13.2 Å². The second-order valence-corrected chi connectivity index (χ2v) is 11.4. The number of para-hydroxylation sites is 2. The number of fused-ring (bicyclic) bond motifs is 1. The molecule has 27 heavy (non-hydrogen) atoms. The van der Waals surface area contributed by atoms with Gasteiger partial charge in [-0.1, -0.05) is 42.0 Å². The molecule has 2 aromatic rings. The predicted molar refractivity (Wildman–Crippen MR) is 114 cm³/mol. The van der Waals surface area contributed by atoms with Crippen molar-refractivity contribution in [2.45, 2.75) is 26.6 Å². The van der Waals surface area contributed by atoms with Crippen LogP contribution in [0.2, 0.25) is 0 Å². The fourth-order valence-corrected chi connectivity index (χ4v) is 7.90. The van der Waals surface area contributed by atoms with Crippen LogP contribution in [0, 0.1) is 6.92 Å². The van der Waals surface area contributed by atoms with Crippen molar-refractivity contribution in [2.75, 3.05) is 23.4 Å². The third kappa shape index (κ3) is 4.62. The summed E-state index contributed by atoms with van der Waals surface area (Å²) in [5, 5.41) is 6.48. The fraction of sp³-hybridized carbons (Fsp3) is 0.333. The highest BCUT2D eigenvalue weighted by Crippen LogP contribution is 2.68. The molecule has 146 valence electrons. The minimum absolute atomic E-state index is 0.243. The van der Waals surface area contributed by atoms with E-state index in [1.54, 1.807) is 13.8 Å². The number of hydrogen-bond acceptors (Lipinski definition) is 5. The summed E-state index contributed by atoms with van der Waals surface area (Å²) >= 11 is 5.75. The first-order valence-corrected chi connectivity index (χ1v) is 13.1. The lowest BCUT2D eigenvalue weighted by Gasteiger charge is -2.30. The van der Waals surface area contributed by atoms with Crippen LogP contribution in [0.15, 0.2) is 48.5 Å². The molecule has 0 aromatic heterocycles. The van der Waals surface area contributed by atoms with Gasteiger partial charge in [0, 0.05) is 0 Å². The normalized spacial score (nSPS) is 16.3. The van der Waals surface area contributed by atoms with Crippen LogP contribution in [0.1, 0.15) is 30.8 Å². The summed E-state index contributed by atoms with van der Waals surface area (Å²) < 4.78 is 31.0. The van der Waals surface area contributed by atoms with Crippen LogP contribution >= 0.6 is 14.2 Å². The summed E-state index contributed by atoms with van der Waals surface area (Å²) in [4.78, 5) is 0. The van der Waals surface area contributed by atoms with Crippen LogP contribution in [0.3, 0.4) is 0 Å². The highest BCUT2D eigenvalue weighted by atomic mass is 32.4. The first-order valence-electron chi connectivity index (χ1n) is 8.78. The summed E-state index contributed by atoms with van der Waals surface area (Å²) in [6, 6.07) is 15.3. The third-order valence-corrected chi connectivity index (χ3v) is 8.74.